The highest BCUT2D eigenvalue weighted by Gasteiger charge is 2.10. The molecule has 1 aromatic carbocycles. The smallest absolute Gasteiger partial charge is 0.231 e. The summed E-state index contributed by atoms with van der Waals surface area (Å²) in [7, 11) is 1.91. The van der Waals surface area contributed by atoms with Crippen molar-refractivity contribution >= 4 is 11.6 Å². The molecule has 6 heteroatoms. The summed E-state index contributed by atoms with van der Waals surface area (Å²) in [5.41, 5.74) is 14.0. The Balaban J connectivity index is 1.98. The van der Waals surface area contributed by atoms with E-state index in [1.807, 2.05) is 47.0 Å². The Hall–Kier alpha value is -2.34. The third-order valence-electron chi connectivity index (χ3n) is 3.37. The normalized spacial score (nSPS) is 11.0. The molecule has 0 fully saturated rings. The molecule has 0 saturated carbocycles. The van der Waals surface area contributed by atoms with Gasteiger partial charge in [0.2, 0.25) is 5.91 Å². The van der Waals surface area contributed by atoms with Crippen molar-refractivity contribution in [3.63, 3.8) is 0 Å². The average Bonchev–Trinajstić information content (AvgIpc) is 2.83. The molecule has 0 radical (unpaired) electrons. The van der Waals surface area contributed by atoms with Crippen LogP contribution in [0.5, 0.6) is 0 Å². The summed E-state index contributed by atoms with van der Waals surface area (Å²) in [4.78, 5) is 13.3. The number of hydrogen-bond donors (Lipinski definition) is 2. The number of benzene rings is 1. The molecule has 1 aromatic heterocycles. The van der Waals surface area contributed by atoms with Gasteiger partial charge in [0.15, 0.2) is 0 Å². The molecular formula is C15H21N5O. The Morgan fingerprint density at radius 3 is 2.57 bits per heavy atom. The van der Waals surface area contributed by atoms with Crippen LogP contribution in [0.25, 0.3) is 0 Å². The Morgan fingerprint density at radius 1 is 1.29 bits per heavy atom. The molecule has 4 N–H and O–H groups in total. The third kappa shape index (κ3) is 4.61. The van der Waals surface area contributed by atoms with E-state index < -0.39 is 0 Å². The zero-order chi connectivity index (χ0) is 15.2. The predicted molar refractivity (Wildman–Crippen MR) is 82.2 cm³/mol. The molecule has 0 aliphatic rings. The van der Waals surface area contributed by atoms with E-state index in [4.69, 9.17) is 11.5 Å². The quantitative estimate of drug-likeness (QED) is 0.727. The number of carbonyl (C=O) groups is 1. The standard InChI is InChI=1S/C15H21N5O/c1-19-14(6-8-18-19)7-9-20(11-15(17)21)10-12-2-4-13(16)5-3-12/h2-6,8H,7,9-11,16H2,1H3,(H2,17,21). The number of primary amides is 1. The molecular weight excluding hydrogens is 266 g/mol. The highest BCUT2D eigenvalue weighted by atomic mass is 16.1. The molecule has 1 amide bonds. The van der Waals surface area contributed by atoms with Crippen LogP contribution in [0, 0.1) is 0 Å². The molecule has 0 atom stereocenters. The van der Waals surface area contributed by atoms with Crippen molar-refractivity contribution in [2.24, 2.45) is 12.8 Å². The largest absolute Gasteiger partial charge is 0.399 e. The topological polar surface area (TPSA) is 90.2 Å². The molecule has 21 heavy (non-hydrogen) atoms. The van der Waals surface area contributed by atoms with Crippen molar-refractivity contribution in [3.8, 4) is 0 Å². The number of anilines is 1. The Labute approximate surface area is 124 Å². The second kappa shape index (κ2) is 6.90. The van der Waals surface area contributed by atoms with Gasteiger partial charge in [0.05, 0.1) is 6.54 Å². The van der Waals surface area contributed by atoms with Crippen molar-refractivity contribution < 1.29 is 4.79 Å². The first-order chi connectivity index (χ1) is 10.0. The highest BCUT2D eigenvalue weighted by molar-refractivity contribution is 5.75. The number of nitrogens with two attached hydrogens (primary N) is 2. The van der Waals surface area contributed by atoms with Crippen LogP contribution in [-0.4, -0.2) is 33.7 Å². The minimum atomic E-state index is -0.324. The first kappa shape index (κ1) is 15.1. The van der Waals surface area contributed by atoms with E-state index in [1.54, 1.807) is 6.20 Å². The number of carbonyl (C=O) groups excluding carboxylic acids is 1. The van der Waals surface area contributed by atoms with Gasteiger partial charge >= 0.3 is 0 Å². The summed E-state index contributed by atoms with van der Waals surface area (Å²) in [5, 5.41) is 4.14. The summed E-state index contributed by atoms with van der Waals surface area (Å²) in [6.07, 6.45) is 2.59. The Kier molecular flexibility index (Phi) is 4.94. The number of rotatable bonds is 7. The maximum Gasteiger partial charge on any atom is 0.231 e. The van der Waals surface area contributed by atoms with E-state index >= 15 is 0 Å². The maximum absolute atomic E-state index is 11.2. The monoisotopic (exact) mass is 287 g/mol. The molecule has 1 heterocycles. The summed E-state index contributed by atoms with van der Waals surface area (Å²) < 4.78 is 1.84. The lowest BCUT2D eigenvalue weighted by molar-refractivity contribution is -0.119. The number of nitrogen functional groups attached to an aromatic ring is 1. The molecule has 0 spiro atoms. The van der Waals surface area contributed by atoms with Gasteiger partial charge in [-0.15, -0.1) is 0 Å². The van der Waals surface area contributed by atoms with Gasteiger partial charge in [-0.25, -0.2) is 0 Å². The number of nitrogens with zero attached hydrogens (tertiary/aromatic N) is 3. The molecule has 2 rings (SSSR count). The zero-order valence-electron chi connectivity index (χ0n) is 12.2. The first-order valence-corrected chi connectivity index (χ1v) is 6.86. The molecule has 0 aliphatic carbocycles. The predicted octanol–water partition coefficient (Wildman–Crippen LogP) is 0.532. The lowest BCUT2D eigenvalue weighted by atomic mass is 10.2. The maximum atomic E-state index is 11.2. The van der Waals surface area contributed by atoms with Crippen LogP contribution < -0.4 is 11.5 Å². The van der Waals surface area contributed by atoms with Crippen LogP contribution >= 0.6 is 0 Å². The number of hydrogen-bond acceptors (Lipinski definition) is 4. The summed E-state index contributed by atoms with van der Waals surface area (Å²) in [6.45, 7) is 1.65. The molecule has 0 bridgehead atoms. The molecule has 112 valence electrons. The van der Waals surface area contributed by atoms with Crippen LogP contribution in [0.3, 0.4) is 0 Å². The van der Waals surface area contributed by atoms with Gasteiger partial charge in [-0.1, -0.05) is 12.1 Å². The van der Waals surface area contributed by atoms with E-state index in [0.29, 0.717) is 6.54 Å². The fourth-order valence-corrected chi connectivity index (χ4v) is 2.23. The summed E-state index contributed by atoms with van der Waals surface area (Å²) >= 11 is 0. The van der Waals surface area contributed by atoms with E-state index in [1.165, 1.54) is 0 Å². The van der Waals surface area contributed by atoms with Gasteiger partial charge in [0, 0.05) is 44.1 Å². The minimum Gasteiger partial charge on any atom is -0.399 e. The second-order valence-electron chi connectivity index (χ2n) is 5.11. The van der Waals surface area contributed by atoms with Crippen LogP contribution in [-0.2, 0) is 24.8 Å². The SMILES string of the molecule is Cn1nccc1CCN(CC(N)=O)Cc1ccc(N)cc1. The molecule has 0 saturated heterocycles. The minimum absolute atomic E-state index is 0.238. The van der Waals surface area contributed by atoms with Gasteiger partial charge in [0.25, 0.3) is 0 Å². The fraction of sp³-hybridized carbons (Fsp3) is 0.333. The molecule has 0 unspecified atom stereocenters. The van der Waals surface area contributed by atoms with Crippen LogP contribution in [0.2, 0.25) is 0 Å². The van der Waals surface area contributed by atoms with Gasteiger partial charge in [0.1, 0.15) is 0 Å². The van der Waals surface area contributed by atoms with E-state index in [0.717, 1.165) is 29.9 Å². The molecule has 0 aliphatic heterocycles. The third-order valence-corrected chi connectivity index (χ3v) is 3.37. The van der Waals surface area contributed by atoms with Crippen molar-refractivity contribution in [2.75, 3.05) is 18.8 Å². The second-order valence-corrected chi connectivity index (χ2v) is 5.11. The van der Waals surface area contributed by atoms with Crippen molar-refractivity contribution in [1.82, 2.24) is 14.7 Å². The van der Waals surface area contributed by atoms with Crippen molar-refractivity contribution in [3.05, 3.63) is 47.8 Å². The van der Waals surface area contributed by atoms with Gasteiger partial charge in [-0.3, -0.25) is 14.4 Å². The Morgan fingerprint density at radius 2 is 2.00 bits per heavy atom. The zero-order valence-corrected chi connectivity index (χ0v) is 12.2. The summed E-state index contributed by atoms with van der Waals surface area (Å²) in [5.74, 6) is -0.324. The van der Waals surface area contributed by atoms with Gasteiger partial charge in [-0.2, -0.15) is 5.10 Å². The van der Waals surface area contributed by atoms with Gasteiger partial charge < -0.3 is 11.5 Å². The van der Waals surface area contributed by atoms with Gasteiger partial charge in [-0.05, 0) is 23.8 Å². The lowest BCUT2D eigenvalue weighted by Gasteiger charge is -2.21. The number of aryl methyl sites for hydroxylation is 1. The van der Waals surface area contributed by atoms with E-state index in [2.05, 4.69) is 5.10 Å². The number of amides is 1. The molecule has 6 nitrogen and oxygen atoms in total. The first-order valence-electron chi connectivity index (χ1n) is 6.86. The highest BCUT2D eigenvalue weighted by Crippen LogP contribution is 2.09. The lowest BCUT2D eigenvalue weighted by Crippen LogP contribution is -2.35. The Bertz CT molecular complexity index is 590. The van der Waals surface area contributed by atoms with Crippen LogP contribution in [0.4, 0.5) is 5.69 Å². The van der Waals surface area contributed by atoms with E-state index in [9.17, 15) is 4.79 Å². The van der Waals surface area contributed by atoms with Crippen molar-refractivity contribution in [2.45, 2.75) is 13.0 Å². The fourth-order valence-electron chi connectivity index (χ4n) is 2.23. The van der Waals surface area contributed by atoms with Crippen LogP contribution in [0.15, 0.2) is 36.5 Å². The van der Waals surface area contributed by atoms with Crippen molar-refractivity contribution in [1.29, 1.82) is 0 Å². The van der Waals surface area contributed by atoms with Crippen LogP contribution in [0.1, 0.15) is 11.3 Å². The number of aromatic nitrogens is 2. The van der Waals surface area contributed by atoms with E-state index in [-0.39, 0.29) is 12.5 Å². The average molecular weight is 287 g/mol. The summed E-state index contributed by atoms with van der Waals surface area (Å²) in [6, 6.07) is 9.63. The molecule has 2 aromatic rings.